The number of fused-ring (bicyclic) bond motifs is 1. The van der Waals surface area contributed by atoms with Gasteiger partial charge in [0.1, 0.15) is 0 Å². The van der Waals surface area contributed by atoms with Gasteiger partial charge in [-0.15, -0.1) is 11.3 Å². The van der Waals surface area contributed by atoms with E-state index >= 15 is 0 Å². The van der Waals surface area contributed by atoms with E-state index < -0.39 is 10.0 Å². The number of para-hydroxylation sites is 1. The molecule has 3 aromatic rings. The summed E-state index contributed by atoms with van der Waals surface area (Å²) in [6, 6.07) is 8.06. The quantitative estimate of drug-likeness (QED) is 0.683. The minimum absolute atomic E-state index is 0.374. The summed E-state index contributed by atoms with van der Waals surface area (Å²) in [5.41, 5.74) is 1.59. The lowest BCUT2D eigenvalue weighted by atomic mass is 10.3. The van der Waals surface area contributed by atoms with Gasteiger partial charge in [0, 0.05) is 26.2 Å². The second kappa shape index (κ2) is 6.31. The zero-order valence-corrected chi connectivity index (χ0v) is 16.4. The molecule has 25 heavy (non-hydrogen) atoms. The Morgan fingerprint density at radius 2 is 1.72 bits per heavy atom. The van der Waals surface area contributed by atoms with E-state index in [2.05, 4.69) is 20.9 Å². The van der Waals surface area contributed by atoms with Crippen LogP contribution in [0.3, 0.4) is 0 Å². The molecule has 1 aliphatic heterocycles. The Hall–Kier alpha value is -1.55. The molecule has 1 aromatic carbocycles. The molecule has 9 heteroatoms. The molecule has 132 valence electrons. The highest BCUT2D eigenvalue weighted by molar-refractivity contribution is 7.91. The Labute approximate surface area is 154 Å². The number of hydrogen-bond acceptors (Lipinski definition) is 7. The van der Waals surface area contributed by atoms with E-state index in [-0.39, 0.29) is 0 Å². The number of sulfonamides is 1. The Balaban J connectivity index is 1.52. The zero-order chi connectivity index (χ0) is 17.6. The van der Waals surface area contributed by atoms with E-state index in [0.717, 1.165) is 20.4 Å². The van der Waals surface area contributed by atoms with Gasteiger partial charge in [-0.05, 0) is 26.0 Å². The molecule has 0 saturated carbocycles. The fourth-order valence-electron chi connectivity index (χ4n) is 2.98. The lowest BCUT2D eigenvalue weighted by Gasteiger charge is -2.33. The molecule has 0 spiro atoms. The van der Waals surface area contributed by atoms with Crippen molar-refractivity contribution in [3.8, 4) is 0 Å². The first kappa shape index (κ1) is 16.9. The van der Waals surface area contributed by atoms with Crippen LogP contribution in [0.15, 0.2) is 28.5 Å². The van der Waals surface area contributed by atoms with Crippen molar-refractivity contribution in [1.82, 2.24) is 14.3 Å². The standard InChI is InChI=1S/C16H18N4O2S3/c1-11-15(23-12(2)17-11)25(21,22)20-9-7-19(8-10-20)16-18-13-5-3-4-6-14(13)24-16/h3-6H,7-10H2,1-2H3. The van der Waals surface area contributed by atoms with Gasteiger partial charge in [0.2, 0.25) is 0 Å². The molecule has 0 N–H and O–H groups in total. The average Bonchev–Trinajstić information content (AvgIpc) is 3.18. The maximum Gasteiger partial charge on any atom is 0.254 e. The average molecular weight is 395 g/mol. The summed E-state index contributed by atoms with van der Waals surface area (Å²) in [7, 11) is -3.46. The second-order valence-electron chi connectivity index (χ2n) is 5.96. The summed E-state index contributed by atoms with van der Waals surface area (Å²) >= 11 is 2.90. The van der Waals surface area contributed by atoms with Crippen LogP contribution in [0.25, 0.3) is 10.2 Å². The van der Waals surface area contributed by atoms with E-state index in [0.29, 0.717) is 36.1 Å². The molecular formula is C16H18N4O2S3. The van der Waals surface area contributed by atoms with E-state index in [1.165, 1.54) is 11.3 Å². The number of benzene rings is 1. The van der Waals surface area contributed by atoms with Crippen LogP contribution in [0.2, 0.25) is 0 Å². The van der Waals surface area contributed by atoms with Crippen LogP contribution in [0, 0.1) is 13.8 Å². The van der Waals surface area contributed by atoms with E-state index in [1.54, 1.807) is 22.6 Å². The van der Waals surface area contributed by atoms with Crippen LogP contribution in [-0.2, 0) is 10.0 Å². The molecule has 2 aromatic heterocycles. The lowest BCUT2D eigenvalue weighted by molar-refractivity contribution is 0.385. The topological polar surface area (TPSA) is 66.4 Å². The minimum atomic E-state index is -3.46. The highest BCUT2D eigenvalue weighted by Gasteiger charge is 2.32. The SMILES string of the molecule is Cc1nc(C)c(S(=O)(=O)N2CCN(c3nc4ccccc4s3)CC2)s1. The molecular weight excluding hydrogens is 376 g/mol. The second-order valence-corrected chi connectivity index (χ2v) is 10.3. The maximum absolute atomic E-state index is 12.9. The number of aryl methyl sites for hydroxylation is 2. The van der Waals surface area contributed by atoms with Crippen molar-refractivity contribution in [3.63, 3.8) is 0 Å². The van der Waals surface area contributed by atoms with Gasteiger partial charge in [-0.25, -0.2) is 18.4 Å². The van der Waals surface area contributed by atoms with Crippen molar-refractivity contribution in [2.75, 3.05) is 31.1 Å². The fraction of sp³-hybridized carbons (Fsp3) is 0.375. The van der Waals surface area contributed by atoms with Gasteiger partial charge < -0.3 is 4.90 Å². The highest BCUT2D eigenvalue weighted by Crippen LogP contribution is 2.31. The van der Waals surface area contributed by atoms with Crippen molar-refractivity contribution in [2.45, 2.75) is 18.1 Å². The summed E-state index contributed by atoms with van der Waals surface area (Å²) in [4.78, 5) is 11.1. The number of thiazole rings is 2. The summed E-state index contributed by atoms with van der Waals surface area (Å²) < 4.78 is 28.8. The predicted octanol–water partition coefficient (Wildman–Crippen LogP) is 2.88. The van der Waals surface area contributed by atoms with E-state index in [1.807, 2.05) is 25.1 Å². The van der Waals surface area contributed by atoms with Crippen molar-refractivity contribution in [3.05, 3.63) is 35.0 Å². The number of nitrogens with zero attached hydrogens (tertiary/aromatic N) is 4. The van der Waals surface area contributed by atoms with Gasteiger partial charge >= 0.3 is 0 Å². The van der Waals surface area contributed by atoms with Gasteiger partial charge in [-0.3, -0.25) is 0 Å². The summed E-state index contributed by atoms with van der Waals surface area (Å²) in [6.07, 6.45) is 0. The Bertz CT molecular complexity index is 984. The van der Waals surface area contributed by atoms with Gasteiger partial charge in [-0.1, -0.05) is 23.5 Å². The van der Waals surface area contributed by atoms with E-state index in [9.17, 15) is 8.42 Å². The third kappa shape index (κ3) is 3.05. The minimum Gasteiger partial charge on any atom is -0.345 e. The van der Waals surface area contributed by atoms with Gasteiger partial charge in [0.25, 0.3) is 10.0 Å². The van der Waals surface area contributed by atoms with Crippen LogP contribution in [0.5, 0.6) is 0 Å². The molecule has 0 aliphatic carbocycles. The number of anilines is 1. The molecule has 0 amide bonds. The summed E-state index contributed by atoms with van der Waals surface area (Å²) in [5.74, 6) is 0. The zero-order valence-electron chi connectivity index (χ0n) is 14.0. The number of piperazine rings is 1. The first-order valence-electron chi connectivity index (χ1n) is 8.00. The molecule has 1 fully saturated rings. The van der Waals surface area contributed by atoms with Crippen molar-refractivity contribution < 1.29 is 8.42 Å². The molecule has 0 bridgehead atoms. The number of aromatic nitrogens is 2. The van der Waals surface area contributed by atoms with Gasteiger partial charge in [0.05, 0.1) is 20.9 Å². The van der Waals surface area contributed by atoms with Crippen molar-refractivity contribution in [2.24, 2.45) is 0 Å². The summed E-state index contributed by atoms with van der Waals surface area (Å²) in [6.45, 7) is 5.82. The van der Waals surface area contributed by atoms with Crippen LogP contribution in [-0.4, -0.2) is 48.9 Å². The Kier molecular flexibility index (Phi) is 4.27. The largest absolute Gasteiger partial charge is 0.345 e. The third-order valence-corrected chi connectivity index (χ3v) is 8.88. The van der Waals surface area contributed by atoms with Crippen molar-refractivity contribution >= 4 is 48.0 Å². The first-order valence-corrected chi connectivity index (χ1v) is 11.1. The molecule has 0 unspecified atom stereocenters. The molecule has 0 atom stereocenters. The van der Waals surface area contributed by atoms with Crippen molar-refractivity contribution in [1.29, 1.82) is 0 Å². The van der Waals surface area contributed by atoms with Gasteiger partial charge in [-0.2, -0.15) is 4.31 Å². The highest BCUT2D eigenvalue weighted by atomic mass is 32.2. The fourth-order valence-corrected chi connectivity index (χ4v) is 7.04. The molecule has 1 saturated heterocycles. The summed E-state index contributed by atoms with van der Waals surface area (Å²) in [5, 5.41) is 1.74. The lowest BCUT2D eigenvalue weighted by Crippen LogP contribution is -2.48. The molecule has 4 rings (SSSR count). The van der Waals surface area contributed by atoms with E-state index in [4.69, 9.17) is 0 Å². The predicted molar refractivity (Wildman–Crippen MR) is 102 cm³/mol. The molecule has 3 heterocycles. The Morgan fingerprint density at radius 3 is 2.36 bits per heavy atom. The normalized spacial score (nSPS) is 16.6. The third-order valence-electron chi connectivity index (χ3n) is 4.23. The first-order chi connectivity index (χ1) is 11.9. The van der Waals surface area contributed by atoms with Crippen LogP contribution >= 0.6 is 22.7 Å². The van der Waals surface area contributed by atoms with Crippen LogP contribution < -0.4 is 4.90 Å². The molecule has 0 radical (unpaired) electrons. The van der Waals surface area contributed by atoms with Crippen LogP contribution in [0.4, 0.5) is 5.13 Å². The van der Waals surface area contributed by atoms with Gasteiger partial charge in [0.15, 0.2) is 9.34 Å². The molecule has 1 aliphatic rings. The Morgan fingerprint density at radius 1 is 1.00 bits per heavy atom. The van der Waals surface area contributed by atoms with Crippen LogP contribution in [0.1, 0.15) is 10.7 Å². The number of hydrogen-bond donors (Lipinski definition) is 0. The maximum atomic E-state index is 12.9. The number of rotatable bonds is 3. The smallest absolute Gasteiger partial charge is 0.254 e. The monoisotopic (exact) mass is 394 g/mol. The molecule has 6 nitrogen and oxygen atoms in total.